The highest BCUT2D eigenvalue weighted by atomic mass is 79.9. The predicted octanol–water partition coefficient (Wildman–Crippen LogP) is 5.17. The summed E-state index contributed by atoms with van der Waals surface area (Å²) in [6.45, 7) is 5.27. The molecule has 2 aromatic rings. The number of hydrogen-bond donors (Lipinski definition) is 1. The molecule has 0 fully saturated rings. The molecule has 0 radical (unpaired) electrons. The molecule has 2 nitrogen and oxygen atoms in total. The van der Waals surface area contributed by atoms with Gasteiger partial charge < -0.3 is 5.32 Å². The highest BCUT2D eigenvalue weighted by Gasteiger charge is 2.16. The Hall–Kier alpha value is -1.79. The lowest BCUT2D eigenvalue weighted by Gasteiger charge is -2.23. The number of anilines is 1. The maximum absolute atomic E-state index is 9.20. The second-order valence-electron chi connectivity index (χ2n) is 5.44. The molecule has 2 rings (SSSR count). The Labute approximate surface area is 134 Å². The molecule has 1 atom stereocenters. The van der Waals surface area contributed by atoms with E-state index in [1.807, 2.05) is 24.3 Å². The van der Waals surface area contributed by atoms with Gasteiger partial charge in [0.25, 0.3) is 0 Å². The monoisotopic (exact) mass is 342 g/mol. The van der Waals surface area contributed by atoms with Crippen molar-refractivity contribution in [2.75, 3.05) is 11.9 Å². The summed E-state index contributed by atoms with van der Waals surface area (Å²) < 4.78 is 0.977. The third kappa shape index (κ3) is 4.09. The van der Waals surface area contributed by atoms with Crippen molar-refractivity contribution >= 4 is 21.6 Å². The number of nitrogens with zero attached hydrogens (tertiary/aromatic N) is 1. The van der Waals surface area contributed by atoms with E-state index < -0.39 is 0 Å². The lowest BCUT2D eigenvalue weighted by atomic mass is 9.88. The molecular formula is C18H19BrN2. The summed E-state index contributed by atoms with van der Waals surface area (Å²) in [6.07, 6.45) is 0. The fraction of sp³-hybridized carbons (Fsp3) is 0.278. The Bertz CT molecular complexity index is 629. The summed E-state index contributed by atoms with van der Waals surface area (Å²) in [5.41, 5.74) is 2.88. The highest BCUT2D eigenvalue weighted by Crippen LogP contribution is 2.27. The predicted molar refractivity (Wildman–Crippen MR) is 91.4 cm³/mol. The zero-order chi connectivity index (χ0) is 15.2. The van der Waals surface area contributed by atoms with Gasteiger partial charge in [-0.3, -0.25) is 0 Å². The number of nitrogens with one attached hydrogen (secondary N) is 1. The van der Waals surface area contributed by atoms with Gasteiger partial charge in [0.05, 0.1) is 11.3 Å². The largest absolute Gasteiger partial charge is 0.383 e. The minimum absolute atomic E-state index is 0.414. The average molecular weight is 343 g/mol. The summed E-state index contributed by atoms with van der Waals surface area (Å²) >= 11 is 3.46. The van der Waals surface area contributed by atoms with Crippen LogP contribution in [0.3, 0.4) is 0 Å². The van der Waals surface area contributed by atoms with Gasteiger partial charge in [-0.05, 0) is 29.7 Å². The fourth-order valence-electron chi connectivity index (χ4n) is 2.42. The van der Waals surface area contributed by atoms with Crippen LogP contribution < -0.4 is 5.32 Å². The van der Waals surface area contributed by atoms with Crippen LogP contribution in [-0.4, -0.2) is 6.54 Å². The van der Waals surface area contributed by atoms with Crippen LogP contribution in [0.2, 0.25) is 0 Å². The van der Waals surface area contributed by atoms with Gasteiger partial charge in [-0.25, -0.2) is 0 Å². The van der Waals surface area contributed by atoms with E-state index in [1.165, 1.54) is 5.56 Å². The number of benzene rings is 2. The lowest BCUT2D eigenvalue weighted by Crippen LogP contribution is -2.18. The minimum Gasteiger partial charge on any atom is -0.383 e. The number of nitriles is 1. The number of hydrogen-bond acceptors (Lipinski definition) is 2. The molecule has 0 aliphatic carbocycles. The third-order valence-electron chi connectivity index (χ3n) is 3.65. The first-order chi connectivity index (χ1) is 10.1. The maximum atomic E-state index is 9.20. The first-order valence-corrected chi connectivity index (χ1v) is 7.89. The summed E-state index contributed by atoms with van der Waals surface area (Å²) in [5.74, 6) is 0.939. The van der Waals surface area contributed by atoms with E-state index in [2.05, 4.69) is 65.4 Å². The Morgan fingerprint density at radius 1 is 1.14 bits per heavy atom. The van der Waals surface area contributed by atoms with E-state index in [4.69, 9.17) is 0 Å². The SMILES string of the molecule is CC(C)C(CNc1cc(Br)ccc1C#N)c1ccccc1. The Balaban J connectivity index is 2.17. The standard InChI is InChI=1S/C18H19BrN2/c1-13(2)17(14-6-4-3-5-7-14)12-21-18-10-16(19)9-8-15(18)11-20/h3-10,13,17,21H,12H2,1-2H3. The molecule has 1 unspecified atom stereocenters. The van der Waals surface area contributed by atoms with Gasteiger partial charge in [-0.15, -0.1) is 0 Å². The molecule has 0 aliphatic rings. The molecule has 0 spiro atoms. The zero-order valence-electron chi connectivity index (χ0n) is 12.3. The molecule has 0 amide bonds. The van der Waals surface area contributed by atoms with E-state index >= 15 is 0 Å². The van der Waals surface area contributed by atoms with Gasteiger partial charge in [0.1, 0.15) is 6.07 Å². The summed E-state index contributed by atoms with van der Waals surface area (Å²) in [5, 5.41) is 12.6. The lowest BCUT2D eigenvalue weighted by molar-refractivity contribution is 0.517. The first-order valence-electron chi connectivity index (χ1n) is 7.10. The van der Waals surface area contributed by atoms with Crippen LogP contribution in [-0.2, 0) is 0 Å². The fourth-order valence-corrected chi connectivity index (χ4v) is 2.78. The second-order valence-corrected chi connectivity index (χ2v) is 6.36. The molecular weight excluding hydrogens is 324 g/mol. The molecule has 108 valence electrons. The summed E-state index contributed by atoms with van der Waals surface area (Å²) in [4.78, 5) is 0. The number of halogens is 1. The van der Waals surface area contributed by atoms with Crippen molar-refractivity contribution in [1.29, 1.82) is 5.26 Å². The van der Waals surface area contributed by atoms with E-state index in [9.17, 15) is 5.26 Å². The van der Waals surface area contributed by atoms with Crippen LogP contribution in [0.15, 0.2) is 53.0 Å². The molecule has 2 aromatic carbocycles. The van der Waals surface area contributed by atoms with Gasteiger partial charge in [0.15, 0.2) is 0 Å². The van der Waals surface area contributed by atoms with Gasteiger partial charge >= 0.3 is 0 Å². The van der Waals surface area contributed by atoms with Crippen LogP contribution in [0.1, 0.15) is 30.9 Å². The third-order valence-corrected chi connectivity index (χ3v) is 4.14. The van der Waals surface area contributed by atoms with E-state index in [0.29, 0.717) is 17.4 Å². The van der Waals surface area contributed by atoms with Gasteiger partial charge in [-0.2, -0.15) is 5.26 Å². The topological polar surface area (TPSA) is 35.8 Å². The van der Waals surface area contributed by atoms with Crippen LogP contribution in [0.25, 0.3) is 0 Å². The van der Waals surface area contributed by atoms with Gasteiger partial charge in [0.2, 0.25) is 0 Å². The van der Waals surface area contributed by atoms with Gasteiger partial charge in [-0.1, -0.05) is 60.1 Å². The molecule has 3 heteroatoms. The van der Waals surface area contributed by atoms with E-state index in [-0.39, 0.29) is 0 Å². The van der Waals surface area contributed by atoms with Crippen molar-refractivity contribution in [3.8, 4) is 6.07 Å². The van der Waals surface area contributed by atoms with Crippen molar-refractivity contribution in [3.63, 3.8) is 0 Å². The molecule has 0 saturated heterocycles. The normalized spacial score (nSPS) is 12.0. The van der Waals surface area contributed by atoms with Crippen LogP contribution >= 0.6 is 15.9 Å². The average Bonchev–Trinajstić information content (AvgIpc) is 2.48. The minimum atomic E-state index is 0.414. The molecule has 21 heavy (non-hydrogen) atoms. The van der Waals surface area contributed by atoms with E-state index in [0.717, 1.165) is 16.7 Å². The summed E-state index contributed by atoms with van der Waals surface area (Å²) in [6, 6.07) is 18.4. The summed E-state index contributed by atoms with van der Waals surface area (Å²) in [7, 11) is 0. The smallest absolute Gasteiger partial charge is 0.101 e. The van der Waals surface area contributed by atoms with Crippen molar-refractivity contribution in [1.82, 2.24) is 0 Å². The van der Waals surface area contributed by atoms with Crippen molar-refractivity contribution in [2.45, 2.75) is 19.8 Å². The van der Waals surface area contributed by atoms with Crippen LogP contribution in [0.5, 0.6) is 0 Å². The Kier molecular flexibility index (Phi) is 5.41. The molecule has 0 aliphatic heterocycles. The molecule has 0 bridgehead atoms. The van der Waals surface area contributed by atoms with Gasteiger partial charge in [0, 0.05) is 16.9 Å². The van der Waals surface area contributed by atoms with Crippen molar-refractivity contribution in [2.24, 2.45) is 5.92 Å². The first kappa shape index (κ1) is 15.6. The number of rotatable bonds is 5. The quantitative estimate of drug-likeness (QED) is 0.813. The second kappa shape index (κ2) is 7.28. The maximum Gasteiger partial charge on any atom is 0.101 e. The van der Waals surface area contributed by atoms with Crippen LogP contribution in [0, 0.1) is 17.2 Å². The van der Waals surface area contributed by atoms with Crippen molar-refractivity contribution in [3.05, 3.63) is 64.1 Å². The van der Waals surface area contributed by atoms with Crippen molar-refractivity contribution < 1.29 is 0 Å². The van der Waals surface area contributed by atoms with E-state index in [1.54, 1.807) is 0 Å². The molecule has 0 aromatic heterocycles. The van der Waals surface area contributed by atoms with Crippen LogP contribution in [0.4, 0.5) is 5.69 Å². The Morgan fingerprint density at radius 2 is 1.86 bits per heavy atom. The Morgan fingerprint density at radius 3 is 2.48 bits per heavy atom. The molecule has 0 saturated carbocycles. The molecule has 1 N–H and O–H groups in total. The molecule has 0 heterocycles. The highest BCUT2D eigenvalue weighted by molar-refractivity contribution is 9.10. The zero-order valence-corrected chi connectivity index (χ0v) is 13.9.